The Morgan fingerprint density at radius 1 is 1.24 bits per heavy atom. The van der Waals surface area contributed by atoms with Gasteiger partial charge in [-0.05, 0) is 52.1 Å². The molecule has 21 heavy (non-hydrogen) atoms. The van der Waals surface area contributed by atoms with Gasteiger partial charge < -0.3 is 19.5 Å². The molecule has 0 unspecified atom stereocenters. The smallest absolute Gasteiger partial charge is 0.175 e. The molecular weight excluding hydrogens is 354 g/mol. The molecule has 0 saturated carbocycles. The molecule has 6 heteroatoms. The van der Waals surface area contributed by atoms with E-state index in [1.54, 1.807) is 14.2 Å². The molecule has 1 rings (SSSR count). The predicted octanol–water partition coefficient (Wildman–Crippen LogP) is 3.33. The SMILES string of the molecule is COCCNCc1cc(Br)c(OCCCSC)c(OC)c1. The monoisotopic (exact) mass is 377 g/mol. The van der Waals surface area contributed by atoms with Gasteiger partial charge in [-0.3, -0.25) is 0 Å². The van der Waals surface area contributed by atoms with E-state index in [2.05, 4.69) is 33.6 Å². The van der Waals surface area contributed by atoms with Crippen LogP contribution in [0.2, 0.25) is 0 Å². The van der Waals surface area contributed by atoms with E-state index in [0.717, 1.165) is 46.8 Å². The highest BCUT2D eigenvalue weighted by molar-refractivity contribution is 9.10. The maximum Gasteiger partial charge on any atom is 0.175 e. The Labute approximate surface area is 140 Å². The van der Waals surface area contributed by atoms with Gasteiger partial charge in [-0.15, -0.1) is 0 Å². The Bertz CT molecular complexity index is 418. The summed E-state index contributed by atoms with van der Waals surface area (Å²) in [5.74, 6) is 2.64. The largest absolute Gasteiger partial charge is 0.493 e. The van der Waals surface area contributed by atoms with Crippen molar-refractivity contribution >= 4 is 27.7 Å². The Balaban J connectivity index is 2.63. The Morgan fingerprint density at radius 2 is 2.05 bits per heavy atom. The molecule has 0 atom stereocenters. The zero-order chi connectivity index (χ0) is 15.5. The molecule has 0 bridgehead atoms. The van der Waals surface area contributed by atoms with Gasteiger partial charge in [0.2, 0.25) is 0 Å². The van der Waals surface area contributed by atoms with Crippen LogP contribution in [0.3, 0.4) is 0 Å². The van der Waals surface area contributed by atoms with Gasteiger partial charge in [0.1, 0.15) is 0 Å². The molecule has 0 radical (unpaired) electrons. The number of methoxy groups -OCH3 is 2. The van der Waals surface area contributed by atoms with Crippen LogP contribution in [-0.4, -0.2) is 46.0 Å². The van der Waals surface area contributed by atoms with Gasteiger partial charge in [0.05, 0.1) is 24.8 Å². The summed E-state index contributed by atoms with van der Waals surface area (Å²) < 4.78 is 17.2. The van der Waals surface area contributed by atoms with E-state index in [1.165, 1.54) is 0 Å². The molecule has 120 valence electrons. The summed E-state index contributed by atoms with van der Waals surface area (Å²) in [5, 5.41) is 3.32. The molecule has 0 fully saturated rings. The molecule has 0 amide bonds. The van der Waals surface area contributed by atoms with Crippen LogP contribution in [0, 0.1) is 0 Å². The maximum absolute atomic E-state index is 5.83. The van der Waals surface area contributed by atoms with Crippen LogP contribution in [0.5, 0.6) is 11.5 Å². The number of hydrogen-bond donors (Lipinski definition) is 1. The fourth-order valence-electron chi connectivity index (χ4n) is 1.80. The fraction of sp³-hybridized carbons (Fsp3) is 0.600. The third kappa shape index (κ3) is 6.91. The number of ether oxygens (including phenoxy) is 3. The molecule has 1 N–H and O–H groups in total. The molecule has 1 aromatic rings. The van der Waals surface area contributed by atoms with Crippen LogP contribution in [0.1, 0.15) is 12.0 Å². The van der Waals surface area contributed by atoms with Gasteiger partial charge >= 0.3 is 0 Å². The minimum Gasteiger partial charge on any atom is -0.493 e. The average molecular weight is 378 g/mol. The topological polar surface area (TPSA) is 39.7 Å². The normalized spacial score (nSPS) is 10.7. The first-order chi connectivity index (χ1) is 10.2. The van der Waals surface area contributed by atoms with Crippen LogP contribution in [0.4, 0.5) is 0 Å². The van der Waals surface area contributed by atoms with E-state index in [9.17, 15) is 0 Å². The van der Waals surface area contributed by atoms with Gasteiger partial charge in [-0.2, -0.15) is 11.8 Å². The van der Waals surface area contributed by atoms with Crippen LogP contribution in [-0.2, 0) is 11.3 Å². The second-order valence-corrected chi connectivity index (χ2v) is 6.31. The third-order valence-corrected chi connectivity index (χ3v) is 4.13. The summed E-state index contributed by atoms with van der Waals surface area (Å²) in [6.07, 6.45) is 3.12. The van der Waals surface area contributed by atoms with Crippen LogP contribution >= 0.6 is 27.7 Å². The maximum atomic E-state index is 5.83. The third-order valence-electron chi connectivity index (χ3n) is 2.84. The van der Waals surface area contributed by atoms with Gasteiger partial charge in [0.15, 0.2) is 11.5 Å². The lowest BCUT2D eigenvalue weighted by molar-refractivity contribution is 0.199. The van der Waals surface area contributed by atoms with Crippen molar-refractivity contribution in [2.75, 3.05) is 46.0 Å². The van der Waals surface area contributed by atoms with Gasteiger partial charge in [-0.1, -0.05) is 0 Å². The van der Waals surface area contributed by atoms with Crippen molar-refractivity contribution in [1.82, 2.24) is 5.32 Å². The molecule has 0 aromatic heterocycles. The average Bonchev–Trinajstić information content (AvgIpc) is 2.49. The van der Waals surface area contributed by atoms with Gasteiger partial charge in [0, 0.05) is 20.2 Å². The van der Waals surface area contributed by atoms with E-state index in [4.69, 9.17) is 14.2 Å². The first-order valence-electron chi connectivity index (χ1n) is 6.90. The summed E-state index contributed by atoms with van der Waals surface area (Å²) in [7, 11) is 3.36. The van der Waals surface area contributed by atoms with Crippen LogP contribution in [0.15, 0.2) is 16.6 Å². The van der Waals surface area contributed by atoms with E-state index in [-0.39, 0.29) is 0 Å². The lowest BCUT2D eigenvalue weighted by Gasteiger charge is -2.14. The number of rotatable bonds is 11. The van der Waals surface area contributed by atoms with Gasteiger partial charge in [0.25, 0.3) is 0 Å². The summed E-state index contributed by atoms with van der Waals surface area (Å²) in [6.45, 7) is 2.99. The quantitative estimate of drug-likeness (QED) is 0.598. The molecule has 4 nitrogen and oxygen atoms in total. The zero-order valence-corrected chi connectivity index (χ0v) is 15.3. The molecular formula is C15H24BrNO3S. The summed E-state index contributed by atoms with van der Waals surface area (Å²) >= 11 is 5.39. The number of halogens is 1. The highest BCUT2D eigenvalue weighted by atomic mass is 79.9. The number of thioether (sulfide) groups is 1. The van der Waals surface area contributed by atoms with E-state index < -0.39 is 0 Å². The zero-order valence-electron chi connectivity index (χ0n) is 12.9. The first-order valence-corrected chi connectivity index (χ1v) is 9.09. The first kappa shape index (κ1) is 18.6. The molecule has 1 aromatic carbocycles. The van der Waals surface area contributed by atoms with Crippen molar-refractivity contribution in [2.45, 2.75) is 13.0 Å². The molecule has 0 aliphatic carbocycles. The predicted molar refractivity (Wildman–Crippen MR) is 92.8 cm³/mol. The van der Waals surface area contributed by atoms with Gasteiger partial charge in [-0.25, -0.2) is 0 Å². The van der Waals surface area contributed by atoms with Crippen molar-refractivity contribution < 1.29 is 14.2 Å². The van der Waals surface area contributed by atoms with Crippen molar-refractivity contribution in [3.63, 3.8) is 0 Å². The van der Waals surface area contributed by atoms with E-state index in [1.807, 2.05) is 17.8 Å². The lowest BCUT2D eigenvalue weighted by Crippen LogP contribution is -2.18. The van der Waals surface area contributed by atoms with Crippen LogP contribution < -0.4 is 14.8 Å². The second-order valence-electron chi connectivity index (χ2n) is 4.47. The molecule has 0 aliphatic rings. The minimum atomic E-state index is 0.696. The number of hydrogen-bond acceptors (Lipinski definition) is 5. The van der Waals surface area contributed by atoms with Crippen molar-refractivity contribution in [1.29, 1.82) is 0 Å². The number of benzene rings is 1. The summed E-state index contributed by atoms with van der Waals surface area (Å²) in [6, 6.07) is 4.07. The summed E-state index contributed by atoms with van der Waals surface area (Å²) in [4.78, 5) is 0. The minimum absolute atomic E-state index is 0.696. The molecule has 0 spiro atoms. The van der Waals surface area contributed by atoms with Crippen molar-refractivity contribution in [3.05, 3.63) is 22.2 Å². The Kier molecular flexibility index (Phi) is 9.91. The lowest BCUT2D eigenvalue weighted by atomic mass is 10.2. The Hall–Kier alpha value is -0.430. The fourth-order valence-corrected chi connectivity index (χ4v) is 2.81. The number of nitrogens with one attached hydrogen (secondary N) is 1. The van der Waals surface area contributed by atoms with E-state index in [0.29, 0.717) is 13.2 Å². The van der Waals surface area contributed by atoms with Crippen molar-refractivity contribution in [3.8, 4) is 11.5 Å². The van der Waals surface area contributed by atoms with E-state index >= 15 is 0 Å². The molecule has 0 aliphatic heterocycles. The van der Waals surface area contributed by atoms with Crippen LogP contribution in [0.25, 0.3) is 0 Å². The highest BCUT2D eigenvalue weighted by Crippen LogP contribution is 2.36. The standard InChI is InChI=1S/C15H24BrNO3S/c1-18-7-5-17-11-12-9-13(16)15(14(10-12)19-2)20-6-4-8-21-3/h9-10,17H,4-8,11H2,1-3H3. The molecule has 0 heterocycles. The highest BCUT2D eigenvalue weighted by Gasteiger charge is 2.11. The molecule has 0 saturated heterocycles. The van der Waals surface area contributed by atoms with Crippen molar-refractivity contribution in [2.24, 2.45) is 0 Å². The summed E-state index contributed by atoms with van der Waals surface area (Å²) in [5.41, 5.74) is 1.14. The Morgan fingerprint density at radius 3 is 2.71 bits per heavy atom. The second kappa shape index (κ2) is 11.2.